The monoisotopic (exact) mass is 243 g/mol. The molecular weight excluding hydrogens is 235 g/mol. The largest absolute Gasteiger partial charge is 0.471 e. The molecule has 0 heterocycles. The van der Waals surface area contributed by atoms with Crippen molar-refractivity contribution in [1.82, 2.24) is 10.8 Å². The molecular formula is C6H8F3N3O4. The van der Waals surface area contributed by atoms with E-state index in [0.29, 0.717) is 0 Å². The molecule has 3 amide bonds. The van der Waals surface area contributed by atoms with Crippen molar-refractivity contribution in [3.63, 3.8) is 0 Å². The SMILES string of the molecule is NC(=O)CC(NC(=O)C(F)(F)F)C(=O)NO. The van der Waals surface area contributed by atoms with Gasteiger partial charge in [-0.3, -0.25) is 19.6 Å². The second-order valence-electron chi connectivity index (χ2n) is 2.67. The minimum Gasteiger partial charge on any atom is -0.370 e. The lowest BCUT2D eigenvalue weighted by Crippen LogP contribution is -2.51. The van der Waals surface area contributed by atoms with Gasteiger partial charge in [0.15, 0.2) is 0 Å². The zero-order chi connectivity index (χ0) is 12.9. The summed E-state index contributed by atoms with van der Waals surface area (Å²) in [5.41, 5.74) is 5.64. The molecule has 0 saturated carbocycles. The predicted octanol–water partition coefficient (Wildman–Crippen LogP) is -1.59. The molecule has 16 heavy (non-hydrogen) atoms. The Morgan fingerprint density at radius 2 is 1.81 bits per heavy atom. The molecule has 0 rings (SSSR count). The maximum atomic E-state index is 11.8. The van der Waals surface area contributed by atoms with E-state index in [1.165, 1.54) is 5.32 Å². The summed E-state index contributed by atoms with van der Waals surface area (Å²) in [6, 6.07) is -1.88. The molecule has 0 aliphatic rings. The van der Waals surface area contributed by atoms with E-state index in [4.69, 9.17) is 5.21 Å². The van der Waals surface area contributed by atoms with Crippen LogP contribution in [0.25, 0.3) is 0 Å². The zero-order valence-electron chi connectivity index (χ0n) is 7.67. The molecule has 0 aromatic carbocycles. The summed E-state index contributed by atoms with van der Waals surface area (Å²) in [5, 5.41) is 9.35. The van der Waals surface area contributed by atoms with Gasteiger partial charge in [-0.25, -0.2) is 5.48 Å². The lowest BCUT2D eigenvalue weighted by atomic mass is 10.2. The fourth-order valence-electron chi connectivity index (χ4n) is 0.728. The van der Waals surface area contributed by atoms with Crippen molar-refractivity contribution in [3.8, 4) is 0 Å². The topological polar surface area (TPSA) is 122 Å². The van der Waals surface area contributed by atoms with Crippen molar-refractivity contribution in [1.29, 1.82) is 0 Å². The highest BCUT2D eigenvalue weighted by Crippen LogP contribution is 2.14. The highest BCUT2D eigenvalue weighted by molar-refractivity contribution is 5.92. The molecule has 1 atom stereocenters. The second-order valence-corrected chi connectivity index (χ2v) is 2.67. The summed E-state index contributed by atoms with van der Waals surface area (Å²) >= 11 is 0. The molecule has 0 aromatic rings. The number of alkyl halides is 3. The Hall–Kier alpha value is -1.84. The molecule has 0 saturated heterocycles. The number of hydrogen-bond acceptors (Lipinski definition) is 4. The van der Waals surface area contributed by atoms with Gasteiger partial charge in [0.05, 0.1) is 6.42 Å². The van der Waals surface area contributed by atoms with Crippen molar-refractivity contribution >= 4 is 17.7 Å². The quantitative estimate of drug-likeness (QED) is 0.351. The van der Waals surface area contributed by atoms with E-state index in [-0.39, 0.29) is 0 Å². The van der Waals surface area contributed by atoms with Crippen LogP contribution in [-0.4, -0.2) is 35.1 Å². The smallest absolute Gasteiger partial charge is 0.370 e. The Morgan fingerprint density at radius 1 is 1.31 bits per heavy atom. The number of halogens is 3. The Morgan fingerprint density at radius 3 is 2.12 bits per heavy atom. The number of carbonyl (C=O) groups is 3. The summed E-state index contributed by atoms with van der Waals surface area (Å²) in [7, 11) is 0. The van der Waals surface area contributed by atoms with Crippen molar-refractivity contribution in [2.24, 2.45) is 5.73 Å². The average Bonchev–Trinajstić information content (AvgIpc) is 2.13. The molecule has 7 nitrogen and oxygen atoms in total. The van der Waals surface area contributed by atoms with E-state index in [0.717, 1.165) is 5.48 Å². The van der Waals surface area contributed by atoms with Gasteiger partial charge in [-0.2, -0.15) is 13.2 Å². The van der Waals surface area contributed by atoms with Crippen LogP contribution in [0.4, 0.5) is 13.2 Å². The Labute approximate surface area is 86.7 Å². The van der Waals surface area contributed by atoms with Crippen molar-refractivity contribution in [2.75, 3.05) is 0 Å². The number of hydroxylamine groups is 1. The number of nitrogens with two attached hydrogens (primary N) is 1. The van der Waals surface area contributed by atoms with Gasteiger partial charge in [-0.05, 0) is 0 Å². The van der Waals surface area contributed by atoms with Crippen LogP contribution in [0.2, 0.25) is 0 Å². The minimum atomic E-state index is -5.20. The van der Waals surface area contributed by atoms with Crippen LogP contribution in [-0.2, 0) is 14.4 Å². The summed E-state index contributed by atoms with van der Waals surface area (Å²) < 4.78 is 35.4. The van der Waals surface area contributed by atoms with Gasteiger partial charge in [0, 0.05) is 0 Å². The maximum absolute atomic E-state index is 11.8. The molecule has 1 unspecified atom stereocenters. The second kappa shape index (κ2) is 5.30. The van der Waals surface area contributed by atoms with E-state index in [1.54, 1.807) is 0 Å². The molecule has 10 heteroatoms. The van der Waals surface area contributed by atoms with E-state index in [2.05, 4.69) is 5.73 Å². The van der Waals surface area contributed by atoms with Crippen LogP contribution in [0.1, 0.15) is 6.42 Å². The average molecular weight is 243 g/mol. The van der Waals surface area contributed by atoms with Crippen LogP contribution >= 0.6 is 0 Å². The number of primary amides is 1. The van der Waals surface area contributed by atoms with Crippen LogP contribution in [0.5, 0.6) is 0 Å². The number of carbonyl (C=O) groups excluding carboxylic acids is 3. The third kappa shape index (κ3) is 4.59. The zero-order valence-corrected chi connectivity index (χ0v) is 7.67. The first-order valence-corrected chi connectivity index (χ1v) is 3.78. The lowest BCUT2D eigenvalue weighted by molar-refractivity contribution is -0.175. The highest BCUT2D eigenvalue weighted by Gasteiger charge is 2.41. The Kier molecular flexibility index (Phi) is 4.69. The minimum absolute atomic E-state index is 0.867. The molecule has 0 aliphatic carbocycles. The number of rotatable bonds is 4. The third-order valence-corrected chi connectivity index (χ3v) is 1.39. The lowest BCUT2D eigenvalue weighted by Gasteiger charge is -2.15. The summed E-state index contributed by atoms with van der Waals surface area (Å²) in [4.78, 5) is 31.6. The molecule has 0 fully saturated rings. The van der Waals surface area contributed by atoms with Gasteiger partial charge in [-0.15, -0.1) is 0 Å². The van der Waals surface area contributed by atoms with Crippen molar-refractivity contribution < 1.29 is 32.8 Å². The van der Waals surface area contributed by atoms with Crippen molar-refractivity contribution in [2.45, 2.75) is 18.6 Å². The molecule has 0 radical (unpaired) electrons. The van der Waals surface area contributed by atoms with Crippen molar-refractivity contribution in [3.05, 3.63) is 0 Å². The number of nitrogens with one attached hydrogen (secondary N) is 2. The van der Waals surface area contributed by atoms with Gasteiger partial charge < -0.3 is 11.1 Å². The van der Waals surface area contributed by atoms with E-state index in [1.807, 2.05) is 0 Å². The molecule has 0 spiro atoms. The first-order valence-electron chi connectivity index (χ1n) is 3.78. The fraction of sp³-hybridized carbons (Fsp3) is 0.500. The third-order valence-electron chi connectivity index (χ3n) is 1.39. The van der Waals surface area contributed by atoms with E-state index >= 15 is 0 Å². The fourth-order valence-corrected chi connectivity index (χ4v) is 0.728. The Balaban J connectivity index is 4.61. The van der Waals surface area contributed by atoms with Crippen LogP contribution in [0.3, 0.4) is 0 Å². The molecule has 0 aromatic heterocycles. The first-order chi connectivity index (χ1) is 7.18. The van der Waals surface area contributed by atoms with Crippen LogP contribution < -0.4 is 16.5 Å². The molecule has 92 valence electrons. The molecule has 5 N–H and O–H groups in total. The van der Waals surface area contributed by atoms with Gasteiger partial charge >= 0.3 is 12.1 Å². The van der Waals surface area contributed by atoms with E-state index in [9.17, 15) is 27.6 Å². The number of hydrogen-bond donors (Lipinski definition) is 4. The highest BCUT2D eigenvalue weighted by atomic mass is 19.4. The number of amides is 3. The van der Waals surface area contributed by atoms with Crippen LogP contribution in [0, 0.1) is 0 Å². The predicted molar refractivity (Wildman–Crippen MR) is 41.7 cm³/mol. The molecule has 0 aliphatic heterocycles. The standard InChI is InChI=1S/C6H8F3N3O4/c7-6(8,9)5(15)11-2(1-3(10)13)4(14)12-16/h2,16H,1H2,(H2,10,13)(H,11,15)(H,12,14). The maximum Gasteiger partial charge on any atom is 0.471 e. The molecule has 0 bridgehead atoms. The van der Waals surface area contributed by atoms with Crippen LogP contribution in [0.15, 0.2) is 0 Å². The van der Waals surface area contributed by atoms with Gasteiger partial charge in [0.2, 0.25) is 5.91 Å². The summed E-state index contributed by atoms with van der Waals surface area (Å²) in [6.07, 6.45) is -6.07. The van der Waals surface area contributed by atoms with Gasteiger partial charge in [0.1, 0.15) is 6.04 Å². The normalized spacial score (nSPS) is 12.8. The first kappa shape index (κ1) is 14.2. The summed E-state index contributed by atoms with van der Waals surface area (Å²) in [6.45, 7) is 0. The Bertz CT molecular complexity index is 304. The van der Waals surface area contributed by atoms with E-state index < -0.39 is 36.4 Å². The van der Waals surface area contributed by atoms with Gasteiger partial charge in [0.25, 0.3) is 5.91 Å². The van der Waals surface area contributed by atoms with Gasteiger partial charge in [-0.1, -0.05) is 0 Å². The summed E-state index contributed by atoms with van der Waals surface area (Å²) in [5.74, 6) is -4.91.